The molecule has 0 saturated carbocycles. The van der Waals surface area contributed by atoms with Crippen molar-refractivity contribution in [2.75, 3.05) is 50.7 Å². The van der Waals surface area contributed by atoms with Gasteiger partial charge in [-0.05, 0) is 25.3 Å². The SMILES string of the molecule is Cc1nccnc1N1CCN(CC2(C)CCNC2)CC1. The second-order valence-electron chi connectivity index (χ2n) is 6.47. The van der Waals surface area contributed by atoms with E-state index in [2.05, 4.69) is 32.0 Å². The van der Waals surface area contributed by atoms with Crippen LogP contribution in [0.1, 0.15) is 19.0 Å². The molecule has 0 amide bonds. The zero-order valence-corrected chi connectivity index (χ0v) is 12.6. The van der Waals surface area contributed by atoms with E-state index in [-0.39, 0.29) is 0 Å². The molecule has 110 valence electrons. The lowest BCUT2D eigenvalue weighted by Gasteiger charge is -2.39. The van der Waals surface area contributed by atoms with E-state index >= 15 is 0 Å². The summed E-state index contributed by atoms with van der Waals surface area (Å²) < 4.78 is 0. The molecule has 1 N–H and O–H groups in total. The second-order valence-corrected chi connectivity index (χ2v) is 6.47. The van der Waals surface area contributed by atoms with Gasteiger partial charge < -0.3 is 10.2 Å². The number of aryl methyl sites for hydroxylation is 1. The van der Waals surface area contributed by atoms with Gasteiger partial charge in [-0.15, -0.1) is 0 Å². The van der Waals surface area contributed by atoms with Gasteiger partial charge in [0.25, 0.3) is 0 Å². The third kappa shape index (κ3) is 2.94. The van der Waals surface area contributed by atoms with E-state index < -0.39 is 0 Å². The van der Waals surface area contributed by atoms with Crippen molar-refractivity contribution in [2.45, 2.75) is 20.3 Å². The fraction of sp³-hybridized carbons (Fsp3) is 0.733. The number of aromatic nitrogens is 2. The van der Waals surface area contributed by atoms with Crippen LogP contribution in [0, 0.1) is 12.3 Å². The highest BCUT2D eigenvalue weighted by molar-refractivity contribution is 5.42. The summed E-state index contributed by atoms with van der Waals surface area (Å²) in [4.78, 5) is 13.8. The number of piperazine rings is 1. The van der Waals surface area contributed by atoms with Crippen LogP contribution in [0.4, 0.5) is 5.82 Å². The van der Waals surface area contributed by atoms with Crippen LogP contribution in [-0.4, -0.2) is 60.7 Å². The number of nitrogens with zero attached hydrogens (tertiary/aromatic N) is 4. The average molecular weight is 275 g/mol. The fourth-order valence-corrected chi connectivity index (χ4v) is 3.37. The molecule has 5 heteroatoms. The largest absolute Gasteiger partial charge is 0.353 e. The second kappa shape index (κ2) is 5.66. The number of anilines is 1. The molecule has 0 aromatic carbocycles. The van der Waals surface area contributed by atoms with Gasteiger partial charge in [0.2, 0.25) is 0 Å². The normalized spacial score (nSPS) is 28.0. The van der Waals surface area contributed by atoms with Crippen LogP contribution < -0.4 is 10.2 Å². The summed E-state index contributed by atoms with van der Waals surface area (Å²) in [5.41, 5.74) is 1.50. The summed E-state index contributed by atoms with van der Waals surface area (Å²) in [6.45, 7) is 12.4. The molecule has 2 aliphatic rings. The predicted octanol–water partition coefficient (Wildman–Crippen LogP) is 0.907. The van der Waals surface area contributed by atoms with Gasteiger partial charge in [0.1, 0.15) is 5.82 Å². The van der Waals surface area contributed by atoms with Crippen LogP contribution in [-0.2, 0) is 0 Å². The van der Waals surface area contributed by atoms with Crippen molar-refractivity contribution >= 4 is 5.82 Å². The summed E-state index contributed by atoms with van der Waals surface area (Å²) in [7, 11) is 0. The van der Waals surface area contributed by atoms with Crippen LogP contribution in [0.2, 0.25) is 0 Å². The molecule has 2 saturated heterocycles. The summed E-state index contributed by atoms with van der Waals surface area (Å²) >= 11 is 0. The Balaban J connectivity index is 1.56. The zero-order valence-electron chi connectivity index (χ0n) is 12.6. The van der Waals surface area contributed by atoms with Gasteiger partial charge in [-0.25, -0.2) is 4.98 Å². The van der Waals surface area contributed by atoms with Gasteiger partial charge >= 0.3 is 0 Å². The minimum Gasteiger partial charge on any atom is -0.353 e. The highest BCUT2D eigenvalue weighted by atomic mass is 15.3. The topological polar surface area (TPSA) is 44.3 Å². The molecule has 5 nitrogen and oxygen atoms in total. The molecule has 2 aliphatic heterocycles. The van der Waals surface area contributed by atoms with Gasteiger partial charge in [0, 0.05) is 51.7 Å². The maximum atomic E-state index is 4.48. The lowest BCUT2D eigenvalue weighted by molar-refractivity contribution is 0.169. The minimum absolute atomic E-state index is 0.463. The third-order valence-corrected chi connectivity index (χ3v) is 4.59. The average Bonchev–Trinajstić information content (AvgIpc) is 2.87. The number of rotatable bonds is 3. The van der Waals surface area contributed by atoms with Crippen molar-refractivity contribution < 1.29 is 0 Å². The number of hydrogen-bond acceptors (Lipinski definition) is 5. The maximum Gasteiger partial charge on any atom is 0.150 e. The highest BCUT2D eigenvalue weighted by Gasteiger charge is 2.32. The molecule has 0 radical (unpaired) electrons. The van der Waals surface area contributed by atoms with E-state index in [1.54, 1.807) is 12.4 Å². The predicted molar refractivity (Wildman–Crippen MR) is 81.0 cm³/mol. The highest BCUT2D eigenvalue weighted by Crippen LogP contribution is 2.26. The zero-order chi connectivity index (χ0) is 14.0. The quantitative estimate of drug-likeness (QED) is 0.888. The first-order valence-electron chi connectivity index (χ1n) is 7.62. The Bertz CT molecular complexity index is 447. The van der Waals surface area contributed by atoms with Crippen LogP contribution in [0.3, 0.4) is 0 Å². The monoisotopic (exact) mass is 275 g/mol. The first-order chi connectivity index (χ1) is 9.66. The summed E-state index contributed by atoms with van der Waals surface area (Å²) in [6, 6.07) is 0. The first-order valence-corrected chi connectivity index (χ1v) is 7.62. The molecule has 0 spiro atoms. The van der Waals surface area contributed by atoms with Crippen molar-refractivity contribution in [3.8, 4) is 0 Å². The van der Waals surface area contributed by atoms with Crippen LogP contribution in [0.5, 0.6) is 0 Å². The van der Waals surface area contributed by atoms with Gasteiger partial charge in [-0.1, -0.05) is 6.92 Å². The molecule has 3 heterocycles. The van der Waals surface area contributed by atoms with E-state index in [1.165, 1.54) is 19.5 Å². The number of hydrogen-bond donors (Lipinski definition) is 1. The van der Waals surface area contributed by atoms with Gasteiger partial charge in [-0.2, -0.15) is 0 Å². The molecule has 1 aromatic rings. The van der Waals surface area contributed by atoms with Crippen LogP contribution in [0.25, 0.3) is 0 Å². The summed E-state index contributed by atoms with van der Waals surface area (Å²) in [5.74, 6) is 1.06. The van der Waals surface area contributed by atoms with Gasteiger partial charge in [0.15, 0.2) is 0 Å². The van der Waals surface area contributed by atoms with E-state index in [4.69, 9.17) is 0 Å². The first kappa shape index (κ1) is 13.8. The minimum atomic E-state index is 0.463. The summed E-state index contributed by atoms with van der Waals surface area (Å²) in [5, 5.41) is 3.49. The Morgan fingerprint density at radius 1 is 1.20 bits per heavy atom. The Morgan fingerprint density at radius 3 is 2.60 bits per heavy atom. The molecule has 0 aliphatic carbocycles. The molecular weight excluding hydrogens is 250 g/mol. The van der Waals surface area contributed by atoms with E-state index in [9.17, 15) is 0 Å². The standard InChI is InChI=1S/C15H25N5/c1-13-14(18-6-5-17-13)20-9-7-19(8-10-20)12-15(2)3-4-16-11-15/h5-6,16H,3-4,7-12H2,1-2H3. The van der Waals surface area contributed by atoms with Crippen molar-refractivity contribution in [2.24, 2.45) is 5.41 Å². The Labute approximate surface area is 121 Å². The lowest BCUT2D eigenvalue weighted by Crippen LogP contribution is -2.50. The van der Waals surface area contributed by atoms with Crippen molar-refractivity contribution in [1.29, 1.82) is 0 Å². The van der Waals surface area contributed by atoms with Crippen LogP contribution in [0.15, 0.2) is 12.4 Å². The molecule has 1 atom stereocenters. The molecule has 1 unspecified atom stereocenters. The van der Waals surface area contributed by atoms with Crippen molar-refractivity contribution in [3.63, 3.8) is 0 Å². The fourth-order valence-electron chi connectivity index (χ4n) is 3.37. The van der Waals surface area contributed by atoms with Crippen molar-refractivity contribution in [3.05, 3.63) is 18.1 Å². The van der Waals surface area contributed by atoms with E-state index in [0.29, 0.717) is 5.41 Å². The maximum absolute atomic E-state index is 4.48. The Morgan fingerprint density at radius 2 is 1.95 bits per heavy atom. The Hall–Kier alpha value is -1.20. The van der Waals surface area contributed by atoms with E-state index in [0.717, 1.165) is 44.2 Å². The molecule has 1 aromatic heterocycles. The smallest absolute Gasteiger partial charge is 0.150 e. The molecule has 20 heavy (non-hydrogen) atoms. The molecule has 2 fully saturated rings. The molecule has 0 bridgehead atoms. The molecule has 3 rings (SSSR count). The summed E-state index contributed by atoms with van der Waals surface area (Å²) in [6.07, 6.45) is 4.86. The van der Waals surface area contributed by atoms with E-state index in [1.807, 2.05) is 6.92 Å². The van der Waals surface area contributed by atoms with Gasteiger partial charge in [0.05, 0.1) is 5.69 Å². The Kier molecular flexibility index (Phi) is 3.89. The third-order valence-electron chi connectivity index (χ3n) is 4.59. The number of nitrogens with one attached hydrogen (secondary N) is 1. The lowest BCUT2D eigenvalue weighted by atomic mass is 9.89. The van der Waals surface area contributed by atoms with Gasteiger partial charge in [-0.3, -0.25) is 9.88 Å². The molecular formula is C15H25N5. The van der Waals surface area contributed by atoms with Crippen molar-refractivity contribution in [1.82, 2.24) is 20.2 Å². The van der Waals surface area contributed by atoms with Crippen LogP contribution >= 0.6 is 0 Å².